The monoisotopic (exact) mass is 542 g/mol. The number of nitrogens with one attached hydrogen (secondary N) is 1. The van der Waals surface area contributed by atoms with Gasteiger partial charge in [0.1, 0.15) is 23.0 Å². The third-order valence-corrected chi connectivity index (χ3v) is 6.39. The zero-order valence-corrected chi connectivity index (χ0v) is 22.8. The van der Waals surface area contributed by atoms with Crippen LogP contribution < -0.4 is 15.5 Å². The third kappa shape index (κ3) is 6.32. The molecular weight excluding hydrogens is 508 g/mol. The van der Waals surface area contributed by atoms with E-state index in [4.69, 9.17) is 23.4 Å². The zero-order chi connectivity index (χ0) is 28.4. The SMILES string of the molecule is CC(=O)O[C@@H]1[C@@H](O)[C@H](C)O[C@@H](Oc2cc(NCCN(C)C)c3c(=O)c4ccc(C)cc4oc3c2)[C@@H]1OC(C)=O. The number of fused-ring (bicyclic) bond motifs is 2. The molecule has 11 nitrogen and oxygen atoms in total. The number of likely N-dealkylation sites (N-methyl/N-ethyl adjacent to an activating group) is 1. The summed E-state index contributed by atoms with van der Waals surface area (Å²) in [5.41, 5.74) is 1.95. The average Bonchev–Trinajstić information content (AvgIpc) is 2.83. The van der Waals surface area contributed by atoms with E-state index in [2.05, 4.69) is 5.32 Å². The molecule has 0 amide bonds. The van der Waals surface area contributed by atoms with Gasteiger partial charge in [-0.3, -0.25) is 14.4 Å². The molecule has 11 heteroatoms. The second-order valence-electron chi connectivity index (χ2n) is 9.97. The predicted molar refractivity (Wildman–Crippen MR) is 144 cm³/mol. The molecule has 1 saturated heterocycles. The largest absolute Gasteiger partial charge is 0.460 e. The summed E-state index contributed by atoms with van der Waals surface area (Å²) in [4.78, 5) is 39.2. The number of aryl methyl sites for hydroxylation is 1. The summed E-state index contributed by atoms with van der Waals surface area (Å²) < 4.78 is 28.8. The minimum absolute atomic E-state index is 0.191. The van der Waals surface area contributed by atoms with Crippen LogP contribution in [0.15, 0.2) is 39.5 Å². The maximum Gasteiger partial charge on any atom is 0.303 e. The zero-order valence-electron chi connectivity index (χ0n) is 22.8. The summed E-state index contributed by atoms with van der Waals surface area (Å²) in [5, 5.41) is 14.7. The van der Waals surface area contributed by atoms with E-state index in [1.54, 1.807) is 31.2 Å². The van der Waals surface area contributed by atoms with Gasteiger partial charge in [0.2, 0.25) is 17.8 Å². The predicted octanol–water partition coefficient (Wildman–Crippen LogP) is 2.58. The normalized spacial score (nSPS) is 23.1. The minimum atomic E-state index is -1.26. The van der Waals surface area contributed by atoms with Crippen molar-refractivity contribution in [2.24, 2.45) is 0 Å². The Labute approximate surface area is 225 Å². The highest BCUT2D eigenvalue weighted by Gasteiger charge is 2.49. The molecule has 3 aromatic rings. The van der Waals surface area contributed by atoms with Crippen molar-refractivity contribution < 1.29 is 38.1 Å². The van der Waals surface area contributed by atoms with Gasteiger partial charge >= 0.3 is 11.9 Å². The van der Waals surface area contributed by atoms with Crippen LogP contribution >= 0.6 is 0 Å². The fourth-order valence-electron chi connectivity index (χ4n) is 4.54. The van der Waals surface area contributed by atoms with Crippen molar-refractivity contribution in [1.29, 1.82) is 0 Å². The van der Waals surface area contributed by atoms with Crippen LogP contribution in [0.3, 0.4) is 0 Å². The summed E-state index contributed by atoms with van der Waals surface area (Å²) in [6.07, 6.45) is -5.79. The van der Waals surface area contributed by atoms with E-state index >= 15 is 0 Å². The number of aliphatic hydroxyl groups excluding tert-OH is 1. The van der Waals surface area contributed by atoms with Crippen LogP contribution in [-0.4, -0.2) is 79.8 Å². The Hall–Kier alpha value is -3.67. The highest BCUT2D eigenvalue weighted by molar-refractivity contribution is 5.98. The highest BCUT2D eigenvalue weighted by atomic mass is 16.7. The van der Waals surface area contributed by atoms with E-state index in [1.165, 1.54) is 13.8 Å². The van der Waals surface area contributed by atoms with Crippen molar-refractivity contribution in [2.45, 2.75) is 58.4 Å². The van der Waals surface area contributed by atoms with Gasteiger partial charge in [-0.25, -0.2) is 0 Å². The standard InChI is InChI=1S/C28H34N2O9/c1-14-7-8-19-21(11-14)39-22-13-18(12-20(23(22)25(19)34)29-9-10-30(5)6)38-28-27(37-17(4)32)26(36-16(3)31)24(33)15(2)35-28/h7-8,11-13,15,24,26-29,33H,9-10H2,1-6H3/t15-,24-,26+,27+,28-/m0/s1. The van der Waals surface area contributed by atoms with Gasteiger partial charge in [-0.05, 0) is 45.6 Å². The Balaban J connectivity index is 1.79. The van der Waals surface area contributed by atoms with Gasteiger partial charge in [0.15, 0.2) is 6.10 Å². The third-order valence-electron chi connectivity index (χ3n) is 6.39. The lowest BCUT2D eigenvalue weighted by Gasteiger charge is -2.42. The molecule has 0 bridgehead atoms. The number of carbonyl (C=O) groups is 2. The minimum Gasteiger partial charge on any atom is -0.460 e. The smallest absolute Gasteiger partial charge is 0.303 e. The molecule has 2 aromatic carbocycles. The van der Waals surface area contributed by atoms with Crippen LogP contribution in [0, 0.1) is 6.92 Å². The summed E-state index contributed by atoms with van der Waals surface area (Å²) in [5.74, 6) is -1.09. The number of benzene rings is 2. The van der Waals surface area contributed by atoms with E-state index in [0.717, 1.165) is 5.56 Å². The first-order valence-corrected chi connectivity index (χ1v) is 12.7. The highest BCUT2D eigenvalue weighted by Crippen LogP contribution is 2.33. The number of nitrogens with zero attached hydrogens (tertiary/aromatic N) is 1. The first-order chi connectivity index (χ1) is 18.4. The molecule has 0 radical (unpaired) electrons. The van der Waals surface area contributed by atoms with Crippen LogP contribution in [0.5, 0.6) is 5.75 Å². The van der Waals surface area contributed by atoms with Crippen LogP contribution in [-0.2, 0) is 23.8 Å². The summed E-state index contributed by atoms with van der Waals surface area (Å²) in [6, 6.07) is 8.58. The molecule has 4 rings (SSSR count). The van der Waals surface area contributed by atoms with Gasteiger partial charge in [0, 0.05) is 39.1 Å². The lowest BCUT2D eigenvalue weighted by molar-refractivity contribution is -0.277. The number of rotatable bonds is 8. The molecule has 1 aliphatic rings. The van der Waals surface area contributed by atoms with Crippen molar-refractivity contribution in [1.82, 2.24) is 4.90 Å². The van der Waals surface area contributed by atoms with Gasteiger partial charge < -0.3 is 38.7 Å². The number of anilines is 1. The molecule has 0 spiro atoms. The topological polar surface area (TPSA) is 137 Å². The Kier molecular flexibility index (Phi) is 8.43. The number of ether oxygens (including phenoxy) is 4. The first kappa shape index (κ1) is 28.3. The summed E-state index contributed by atoms with van der Waals surface area (Å²) >= 11 is 0. The molecule has 210 valence electrons. The van der Waals surface area contributed by atoms with E-state index in [1.807, 2.05) is 32.0 Å². The van der Waals surface area contributed by atoms with E-state index in [0.29, 0.717) is 35.1 Å². The molecule has 1 aromatic heterocycles. The lowest BCUT2D eigenvalue weighted by atomic mass is 9.99. The Morgan fingerprint density at radius 3 is 2.41 bits per heavy atom. The Morgan fingerprint density at radius 1 is 1.05 bits per heavy atom. The van der Waals surface area contributed by atoms with Crippen molar-refractivity contribution in [2.75, 3.05) is 32.5 Å². The van der Waals surface area contributed by atoms with Gasteiger partial charge in [-0.1, -0.05) is 6.07 Å². The molecule has 0 saturated carbocycles. The second-order valence-corrected chi connectivity index (χ2v) is 9.97. The molecule has 2 heterocycles. The van der Waals surface area contributed by atoms with Crippen LogP contribution in [0.4, 0.5) is 5.69 Å². The van der Waals surface area contributed by atoms with Gasteiger partial charge in [0.25, 0.3) is 0 Å². The Morgan fingerprint density at radius 2 is 1.74 bits per heavy atom. The summed E-state index contributed by atoms with van der Waals surface area (Å²) in [6.45, 7) is 7.11. The van der Waals surface area contributed by atoms with Crippen LogP contribution in [0.25, 0.3) is 21.9 Å². The Bertz CT molecular complexity index is 1430. The fourth-order valence-corrected chi connectivity index (χ4v) is 4.54. The maximum absolute atomic E-state index is 13.5. The quantitative estimate of drug-likeness (QED) is 0.321. The maximum atomic E-state index is 13.5. The van der Waals surface area contributed by atoms with Crippen LogP contribution in [0.1, 0.15) is 26.3 Å². The molecule has 5 atom stereocenters. The molecule has 0 aliphatic carbocycles. The average molecular weight is 543 g/mol. The van der Waals surface area contributed by atoms with Crippen molar-refractivity contribution in [3.05, 3.63) is 46.1 Å². The van der Waals surface area contributed by atoms with Gasteiger partial charge in [-0.15, -0.1) is 0 Å². The number of hydrogen-bond acceptors (Lipinski definition) is 11. The molecule has 2 N–H and O–H groups in total. The molecule has 0 unspecified atom stereocenters. The second kappa shape index (κ2) is 11.6. The molecule has 1 aliphatic heterocycles. The first-order valence-electron chi connectivity index (χ1n) is 12.7. The number of carbonyl (C=O) groups excluding carboxylic acids is 2. The number of hydrogen-bond donors (Lipinski definition) is 2. The van der Waals surface area contributed by atoms with Crippen LogP contribution in [0.2, 0.25) is 0 Å². The number of aliphatic hydroxyl groups is 1. The van der Waals surface area contributed by atoms with Crippen molar-refractivity contribution in [3.63, 3.8) is 0 Å². The van der Waals surface area contributed by atoms with Crippen molar-refractivity contribution in [3.8, 4) is 5.75 Å². The lowest BCUT2D eigenvalue weighted by Crippen LogP contribution is -2.60. The van der Waals surface area contributed by atoms with Crippen molar-refractivity contribution >= 4 is 39.6 Å². The van der Waals surface area contributed by atoms with E-state index in [9.17, 15) is 19.5 Å². The van der Waals surface area contributed by atoms with Gasteiger partial charge in [0.05, 0.1) is 22.6 Å². The number of esters is 2. The molecule has 39 heavy (non-hydrogen) atoms. The fraction of sp³-hybridized carbons (Fsp3) is 0.464. The molecule has 1 fully saturated rings. The molecular formula is C28H34N2O9. The van der Waals surface area contributed by atoms with Gasteiger partial charge in [-0.2, -0.15) is 0 Å². The van der Waals surface area contributed by atoms with E-state index in [-0.39, 0.29) is 16.8 Å². The summed E-state index contributed by atoms with van der Waals surface area (Å²) in [7, 11) is 3.88. The van der Waals surface area contributed by atoms with E-state index < -0.39 is 42.6 Å².